The number of nitrogen functional groups attached to an aromatic ring is 1. The number of sulfonamides is 1. The fourth-order valence-corrected chi connectivity index (χ4v) is 3.47. The summed E-state index contributed by atoms with van der Waals surface area (Å²) < 4.78 is 29.4. The van der Waals surface area contributed by atoms with E-state index >= 15 is 0 Å². The summed E-state index contributed by atoms with van der Waals surface area (Å²) in [5, 5.41) is 4.27. The Morgan fingerprint density at radius 1 is 1.48 bits per heavy atom. The highest BCUT2D eigenvalue weighted by Crippen LogP contribution is 2.29. The van der Waals surface area contributed by atoms with Crippen molar-refractivity contribution in [3.05, 3.63) is 33.9 Å². The molecule has 0 amide bonds. The number of nitrogens with two attached hydrogens (primary N) is 1. The van der Waals surface area contributed by atoms with E-state index in [-0.39, 0.29) is 16.4 Å². The van der Waals surface area contributed by atoms with Gasteiger partial charge in [-0.2, -0.15) is 5.10 Å². The van der Waals surface area contributed by atoms with E-state index in [0.717, 1.165) is 6.42 Å². The third-order valence-corrected chi connectivity index (χ3v) is 4.87. The van der Waals surface area contributed by atoms with Gasteiger partial charge >= 0.3 is 0 Å². The molecule has 0 aliphatic rings. The van der Waals surface area contributed by atoms with E-state index in [1.54, 1.807) is 18.2 Å². The zero-order valence-corrected chi connectivity index (χ0v) is 14.3. The standard InChI is InChI=1S/C12H14BrClN4O2S/c1-2-5-18-7-11(12(15)16-18)21(19,20)17-10-6-8(13)3-4-9(10)14/h3-4,6-7,17H,2,5H2,1H3,(H2,15,16). The van der Waals surface area contributed by atoms with Crippen LogP contribution in [0.1, 0.15) is 13.3 Å². The number of halogens is 2. The molecule has 0 fully saturated rings. The highest BCUT2D eigenvalue weighted by Gasteiger charge is 2.22. The molecule has 0 saturated carbocycles. The van der Waals surface area contributed by atoms with Gasteiger partial charge in [-0.15, -0.1) is 0 Å². The molecule has 0 radical (unpaired) electrons. The van der Waals surface area contributed by atoms with E-state index in [1.807, 2.05) is 6.92 Å². The molecule has 6 nitrogen and oxygen atoms in total. The van der Waals surface area contributed by atoms with Crippen LogP contribution in [-0.4, -0.2) is 18.2 Å². The maximum absolute atomic E-state index is 12.4. The normalized spacial score (nSPS) is 11.6. The lowest BCUT2D eigenvalue weighted by Gasteiger charge is -2.09. The number of hydrogen-bond donors (Lipinski definition) is 2. The largest absolute Gasteiger partial charge is 0.381 e. The predicted octanol–water partition coefficient (Wildman–Crippen LogP) is 3.09. The Hall–Kier alpha value is -1.25. The van der Waals surface area contributed by atoms with Crippen LogP contribution in [-0.2, 0) is 16.6 Å². The van der Waals surface area contributed by atoms with Gasteiger partial charge < -0.3 is 5.73 Å². The van der Waals surface area contributed by atoms with Gasteiger partial charge in [0.25, 0.3) is 10.0 Å². The molecule has 114 valence electrons. The molecule has 21 heavy (non-hydrogen) atoms. The van der Waals surface area contributed by atoms with Crippen molar-refractivity contribution >= 4 is 49.1 Å². The molecule has 2 rings (SSSR count). The van der Waals surface area contributed by atoms with E-state index in [4.69, 9.17) is 17.3 Å². The average Bonchev–Trinajstić information content (AvgIpc) is 2.76. The molecule has 0 bridgehead atoms. The Morgan fingerprint density at radius 2 is 2.19 bits per heavy atom. The summed E-state index contributed by atoms with van der Waals surface area (Å²) in [5.74, 6) is -0.0398. The molecule has 0 spiro atoms. The Labute approximate surface area is 136 Å². The second kappa shape index (κ2) is 6.25. The minimum atomic E-state index is -3.84. The predicted molar refractivity (Wildman–Crippen MR) is 86.9 cm³/mol. The summed E-state index contributed by atoms with van der Waals surface area (Å²) >= 11 is 9.25. The van der Waals surface area contributed by atoms with Crippen LogP contribution < -0.4 is 10.5 Å². The number of aromatic nitrogens is 2. The molecule has 0 unspecified atom stereocenters. The number of rotatable bonds is 5. The number of aryl methyl sites for hydroxylation is 1. The quantitative estimate of drug-likeness (QED) is 0.816. The molecule has 0 aliphatic carbocycles. The lowest BCUT2D eigenvalue weighted by atomic mass is 10.3. The van der Waals surface area contributed by atoms with Crippen molar-refractivity contribution in [1.82, 2.24) is 9.78 Å². The highest BCUT2D eigenvalue weighted by molar-refractivity contribution is 9.10. The zero-order chi connectivity index (χ0) is 15.6. The van der Waals surface area contributed by atoms with Crippen LogP contribution >= 0.6 is 27.5 Å². The molecule has 0 saturated heterocycles. The summed E-state index contributed by atoms with van der Waals surface area (Å²) in [5.41, 5.74) is 5.96. The van der Waals surface area contributed by atoms with Crippen molar-refractivity contribution < 1.29 is 8.42 Å². The summed E-state index contributed by atoms with van der Waals surface area (Å²) in [6.07, 6.45) is 2.23. The third kappa shape index (κ3) is 3.69. The number of anilines is 2. The summed E-state index contributed by atoms with van der Waals surface area (Å²) in [7, 11) is -3.84. The fraction of sp³-hybridized carbons (Fsp3) is 0.250. The van der Waals surface area contributed by atoms with E-state index in [1.165, 1.54) is 10.9 Å². The van der Waals surface area contributed by atoms with Crippen LogP contribution in [0.2, 0.25) is 5.02 Å². The van der Waals surface area contributed by atoms with Crippen LogP contribution in [0.3, 0.4) is 0 Å². The Morgan fingerprint density at radius 3 is 2.86 bits per heavy atom. The second-order valence-corrected chi connectivity index (χ2v) is 7.35. The SMILES string of the molecule is CCCn1cc(S(=O)(=O)Nc2cc(Br)ccc2Cl)c(N)n1. The van der Waals surface area contributed by atoms with Crippen molar-refractivity contribution in [3.8, 4) is 0 Å². The minimum Gasteiger partial charge on any atom is -0.381 e. The number of hydrogen-bond acceptors (Lipinski definition) is 4. The lowest BCUT2D eigenvalue weighted by Crippen LogP contribution is -2.14. The van der Waals surface area contributed by atoms with Crippen molar-refractivity contribution in [2.75, 3.05) is 10.5 Å². The first-order valence-electron chi connectivity index (χ1n) is 6.14. The van der Waals surface area contributed by atoms with Crippen LogP contribution in [0.25, 0.3) is 0 Å². The highest BCUT2D eigenvalue weighted by atomic mass is 79.9. The topological polar surface area (TPSA) is 90.0 Å². The molecule has 0 aliphatic heterocycles. The first-order valence-corrected chi connectivity index (χ1v) is 8.79. The molecular weight excluding hydrogens is 380 g/mol. The second-order valence-electron chi connectivity index (χ2n) is 4.37. The van der Waals surface area contributed by atoms with Gasteiger partial charge in [-0.1, -0.05) is 34.5 Å². The van der Waals surface area contributed by atoms with Crippen LogP contribution in [0, 0.1) is 0 Å². The Balaban J connectivity index is 2.36. The van der Waals surface area contributed by atoms with Crippen molar-refractivity contribution in [3.63, 3.8) is 0 Å². The summed E-state index contributed by atoms with van der Waals surface area (Å²) in [4.78, 5) is -0.0630. The van der Waals surface area contributed by atoms with Gasteiger partial charge in [0.05, 0.1) is 10.7 Å². The van der Waals surface area contributed by atoms with Gasteiger partial charge in [0, 0.05) is 17.2 Å². The van der Waals surface area contributed by atoms with Crippen LogP contribution in [0.15, 0.2) is 33.8 Å². The summed E-state index contributed by atoms with van der Waals surface area (Å²) in [6.45, 7) is 2.56. The average molecular weight is 394 g/mol. The van der Waals surface area contributed by atoms with Crippen molar-refractivity contribution in [1.29, 1.82) is 0 Å². The van der Waals surface area contributed by atoms with Gasteiger partial charge in [-0.05, 0) is 24.6 Å². The fourth-order valence-electron chi connectivity index (χ4n) is 1.74. The van der Waals surface area contributed by atoms with Gasteiger partial charge in [0.15, 0.2) is 5.82 Å². The zero-order valence-electron chi connectivity index (χ0n) is 11.2. The Kier molecular flexibility index (Phi) is 4.80. The van der Waals surface area contributed by atoms with Gasteiger partial charge in [-0.3, -0.25) is 9.40 Å². The van der Waals surface area contributed by atoms with Gasteiger partial charge in [0.2, 0.25) is 0 Å². The maximum Gasteiger partial charge on any atom is 0.267 e. The Bertz CT molecular complexity index is 761. The van der Waals surface area contributed by atoms with Gasteiger partial charge in [-0.25, -0.2) is 8.42 Å². The number of nitrogens with zero attached hydrogens (tertiary/aromatic N) is 2. The molecule has 9 heteroatoms. The summed E-state index contributed by atoms with van der Waals surface area (Å²) in [6, 6.07) is 4.88. The number of benzene rings is 1. The van der Waals surface area contributed by atoms with Crippen molar-refractivity contribution in [2.45, 2.75) is 24.8 Å². The first kappa shape index (κ1) is 16.1. The minimum absolute atomic E-state index is 0.0398. The first-order chi connectivity index (χ1) is 9.83. The molecule has 1 heterocycles. The molecule has 0 atom stereocenters. The third-order valence-electron chi connectivity index (χ3n) is 2.67. The monoisotopic (exact) mass is 392 g/mol. The van der Waals surface area contributed by atoms with E-state index < -0.39 is 10.0 Å². The maximum atomic E-state index is 12.4. The van der Waals surface area contributed by atoms with E-state index in [2.05, 4.69) is 25.8 Å². The molecule has 1 aromatic carbocycles. The number of nitrogens with one attached hydrogen (secondary N) is 1. The molecule has 2 aromatic rings. The smallest absolute Gasteiger partial charge is 0.267 e. The molecular formula is C12H14BrClN4O2S. The van der Waals surface area contributed by atoms with Gasteiger partial charge in [0.1, 0.15) is 4.90 Å². The van der Waals surface area contributed by atoms with Crippen LogP contribution in [0.5, 0.6) is 0 Å². The van der Waals surface area contributed by atoms with Crippen molar-refractivity contribution in [2.24, 2.45) is 0 Å². The molecule has 1 aromatic heterocycles. The van der Waals surface area contributed by atoms with E-state index in [9.17, 15) is 8.42 Å². The lowest BCUT2D eigenvalue weighted by molar-refractivity contribution is 0.595. The van der Waals surface area contributed by atoms with E-state index in [0.29, 0.717) is 16.0 Å². The molecule has 3 N–H and O–H groups in total. The van der Waals surface area contributed by atoms with Crippen LogP contribution in [0.4, 0.5) is 11.5 Å².